The third-order valence-electron chi connectivity index (χ3n) is 2.97. The van der Waals surface area contributed by atoms with Crippen molar-refractivity contribution in [1.82, 2.24) is 5.32 Å². The summed E-state index contributed by atoms with van der Waals surface area (Å²) in [5, 5.41) is 2.83. The van der Waals surface area contributed by atoms with Crippen LogP contribution in [0.3, 0.4) is 0 Å². The fourth-order valence-electron chi connectivity index (χ4n) is 1.59. The second-order valence-electron chi connectivity index (χ2n) is 7.95. The van der Waals surface area contributed by atoms with Gasteiger partial charge in [0.2, 0.25) is 5.91 Å². The average molecular weight is 372 g/mol. The lowest BCUT2D eigenvalue weighted by Crippen LogP contribution is -2.36. The fraction of sp³-hybridized carbons (Fsp3) is 0.850. The molecule has 1 N–H and O–H groups in total. The lowest BCUT2D eigenvalue weighted by Gasteiger charge is -2.17. The van der Waals surface area contributed by atoms with Gasteiger partial charge in [-0.2, -0.15) is 0 Å². The summed E-state index contributed by atoms with van der Waals surface area (Å²) in [5.74, 6) is 6.13. The first kappa shape index (κ1) is 24.9. The van der Waals surface area contributed by atoms with Gasteiger partial charge < -0.3 is 24.3 Å². The second-order valence-corrected chi connectivity index (χ2v) is 7.95. The van der Waals surface area contributed by atoms with Crippen LogP contribution in [-0.2, 0) is 23.7 Å². The van der Waals surface area contributed by atoms with Gasteiger partial charge >= 0.3 is 0 Å². The summed E-state index contributed by atoms with van der Waals surface area (Å²) in [7, 11) is 0. The van der Waals surface area contributed by atoms with Gasteiger partial charge in [0.1, 0.15) is 6.61 Å². The largest absolute Gasteiger partial charge is 0.377 e. The maximum atomic E-state index is 11.6. The highest BCUT2D eigenvalue weighted by Gasteiger charge is 2.20. The molecule has 0 saturated carbocycles. The summed E-state index contributed by atoms with van der Waals surface area (Å²) < 4.78 is 21.5. The van der Waals surface area contributed by atoms with E-state index in [0.29, 0.717) is 59.4 Å². The van der Waals surface area contributed by atoms with E-state index < -0.39 is 0 Å². The molecule has 26 heavy (non-hydrogen) atoms. The highest BCUT2D eigenvalue weighted by molar-refractivity contribution is 5.81. The Morgan fingerprint density at radius 3 is 1.69 bits per heavy atom. The molecule has 0 atom stereocenters. The van der Waals surface area contributed by atoms with Gasteiger partial charge in [-0.15, -0.1) is 0 Å². The number of ether oxygens (including phenoxy) is 4. The second kappa shape index (κ2) is 14.0. The molecule has 152 valence electrons. The van der Waals surface area contributed by atoms with Crippen LogP contribution in [0.15, 0.2) is 0 Å². The van der Waals surface area contributed by atoms with Crippen molar-refractivity contribution in [3.63, 3.8) is 0 Å². The van der Waals surface area contributed by atoms with E-state index in [1.165, 1.54) is 0 Å². The molecule has 0 aliphatic heterocycles. The lowest BCUT2D eigenvalue weighted by molar-refractivity contribution is -0.128. The fourth-order valence-corrected chi connectivity index (χ4v) is 1.59. The molecule has 0 spiro atoms. The molecular formula is C20H37NO5. The predicted octanol–water partition coefficient (Wildman–Crippen LogP) is 2.26. The first-order valence-corrected chi connectivity index (χ1v) is 9.22. The molecule has 0 aromatic carbocycles. The summed E-state index contributed by atoms with van der Waals surface area (Å²) in [4.78, 5) is 11.6. The summed E-state index contributed by atoms with van der Waals surface area (Å²) in [6.07, 6.45) is 0. The molecule has 6 heteroatoms. The van der Waals surface area contributed by atoms with Gasteiger partial charge in [-0.1, -0.05) is 32.6 Å². The van der Waals surface area contributed by atoms with Gasteiger partial charge in [-0.3, -0.25) is 4.79 Å². The Hall–Kier alpha value is -1.13. The van der Waals surface area contributed by atoms with Crippen molar-refractivity contribution >= 4 is 5.91 Å². The SMILES string of the molecule is CC(C)(C)C#CCOCCOCCOCCOCCNC(=O)C(C)(C)C. The molecule has 1 amide bonds. The van der Waals surface area contributed by atoms with Crippen LogP contribution in [0, 0.1) is 22.7 Å². The van der Waals surface area contributed by atoms with Crippen LogP contribution in [0.25, 0.3) is 0 Å². The molecule has 0 aromatic heterocycles. The topological polar surface area (TPSA) is 66.0 Å². The molecule has 0 radical (unpaired) electrons. The van der Waals surface area contributed by atoms with E-state index in [1.807, 2.05) is 20.8 Å². The zero-order valence-electron chi connectivity index (χ0n) is 17.4. The Morgan fingerprint density at radius 2 is 1.23 bits per heavy atom. The van der Waals surface area contributed by atoms with Crippen molar-refractivity contribution in [3.05, 3.63) is 0 Å². The van der Waals surface area contributed by atoms with Crippen LogP contribution in [0.2, 0.25) is 0 Å². The molecular weight excluding hydrogens is 334 g/mol. The zero-order chi connectivity index (χ0) is 19.9. The summed E-state index contributed by atoms with van der Waals surface area (Å²) >= 11 is 0. The molecule has 0 unspecified atom stereocenters. The molecule has 0 rings (SSSR count). The Balaban J connectivity index is 3.25. The van der Waals surface area contributed by atoms with Crippen molar-refractivity contribution in [2.75, 3.05) is 59.4 Å². The molecule has 0 aromatic rings. The van der Waals surface area contributed by atoms with Crippen molar-refractivity contribution in [2.45, 2.75) is 41.5 Å². The van der Waals surface area contributed by atoms with Gasteiger partial charge in [0.05, 0.1) is 46.2 Å². The normalized spacial score (nSPS) is 11.8. The lowest BCUT2D eigenvalue weighted by atomic mass is 9.96. The monoisotopic (exact) mass is 371 g/mol. The zero-order valence-corrected chi connectivity index (χ0v) is 17.4. The van der Waals surface area contributed by atoms with E-state index in [1.54, 1.807) is 0 Å². The molecule has 0 fully saturated rings. The van der Waals surface area contributed by atoms with Gasteiger partial charge in [0, 0.05) is 17.4 Å². The van der Waals surface area contributed by atoms with E-state index in [4.69, 9.17) is 18.9 Å². The molecule has 0 heterocycles. The van der Waals surface area contributed by atoms with Crippen LogP contribution >= 0.6 is 0 Å². The predicted molar refractivity (Wildman–Crippen MR) is 103 cm³/mol. The first-order valence-electron chi connectivity index (χ1n) is 9.22. The Morgan fingerprint density at radius 1 is 0.769 bits per heavy atom. The van der Waals surface area contributed by atoms with Gasteiger partial charge in [-0.05, 0) is 20.8 Å². The molecule has 0 aliphatic carbocycles. The number of amides is 1. The maximum absolute atomic E-state index is 11.6. The first-order chi connectivity index (χ1) is 12.1. The van der Waals surface area contributed by atoms with Crippen LogP contribution in [-0.4, -0.2) is 65.3 Å². The summed E-state index contributed by atoms with van der Waals surface area (Å²) in [6, 6.07) is 0. The number of carbonyl (C=O) groups is 1. The minimum absolute atomic E-state index is 0.0152. The van der Waals surface area contributed by atoms with Crippen LogP contribution in [0.1, 0.15) is 41.5 Å². The molecule has 0 bridgehead atoms. The Bertz CT molecular complexity index is 426. The highest BCUT2D eigenvalue weighted by Crippen LogP contribution is 2.11. The van der Waals surface area contributed by atoms with Crippen molar-refractivity contribution < 1.29 is 23.7 Å². The standard InChI is InChI=1S/C20H37NO5/c1-19(2,3)8-7-10-23-12-14-25-16-17-26-15-13-24-11-9-21-18(22)20(4,5)6/h9-17H2,1-6H3,(H,21,22). The third-order valence-corrected chi connectivity index (χ3v) is 2.97. The van der Waals surface area contributed by atoms with Crippen LogP contribution in [0.5, 0.6) is 0 Å². The van der Waals surface area contributed by atoms with Crippen molar-refractivity contribution in [2.24, 2.45) is 10.8 Å². The van der Waals surface area contributed by atoms with E-state index >= 15 is 0 Å². The summed E-state index contributed by atoms with van der Waals surface area (Å²) in [5.41, 5.74) is -0.352. The van der Waals surface area contributed by atoms with Crippen molar-refractivity contribution in [1.29, 1.82) is 0 Å². The molecule has 6 nitrogen and oxygen atoms in total. The average Bonchev–Trinajstić information content (AvgIpc) is 2.52. The maximum Gasteiger partial charge on any atom is 0.225 e. The van der Waals surface area contributed by atoms with Crippen LogP contribution in [0.4, 0.5) is 0 Å². The smallest absolute Gasteiger partial charge is 0.225 e. The van der Waals surface area contributed by atoms with Gasteiger partial charge in [-0.25, -0.2) is 0 Å². The Labute approximate surface area is 159 Å². The number of nitrogens with one attached hydrogen (secondary N) is 1. The molecule has 0 aliphatic rings. The number of rotatable bonds is 13. The number of hydrogen-bond donors (Lipinski definition) is 1. The van der Waals surface area contributed by atoms with Crippen molar-refractivity contribution in [3.8, 4) is 11.8 Å². The minimum atomic E-state index is -0.367. The van der Waals surface area contributed by atoms with E-state index in [0.717, 1.165) is 0 Å². The highest BCUT2D eigenvalue weighted by atomic mass is 16.6. The van der Waals surface area contributed by atoms with Gasteiger partial charge in [0.15, 0.2) is 0 Å². The number of hydrogen-bond acceptors (Lipinski definition) is 5. The van der Waals surface area contributed by atoms with E-state index in [-0.39, 0.29) is 16.7 Å². The van der Waals surface area contributed by atoms with Crippen LogP contribution < -0.4 is 5.32 Å². The quantitative estimate of drug-likeness (QED) is 0.397. The Kier molecular flexibility index (Phi) is 13.4. The minimum Gasteiger partial charge on any atom is -0.377 e. The van der Waals surface area contributed by atoms with Gasteiger partial charge in [0.25, 0.3) is 0 Å². The van der Waals surface area contributed by atoms with E-state index in [2.05, 4.69) is 37.9 Å². The number of carbonyl (C=O) groups excluding carboxylic acids is 1. The molecule has 0 saturated heterocycles. The van der Waals surface area contributed by atoms with E-state index in [9.17, 15) is 4.79 Å². The summed E-state index contributed by atoms with van der Waals surface area (Å²) in [6.45, 7) is 16.4. The third kappa shape index (κ3) is 17.7.